The Hall–Kier alpha value is -3.35. The van der Waals surface area contributed by atoms with Gasteiger partial charge in [-0.1, -0.05) is 42.5 Å². The highest BCUT2D eigenvalue weighted by molar-refractivity contribution is 5.94. The normalized spacial score (nSPS) is 11.2. The predicted octanol–water partition coefficient (Wildman–Crippen LogP) is 1.75. The fourth-order valence-corrected chi connectivity index (χ4v) is 2.44. The van der Waals surface area contributed by atoms with Crippen molar-refractivity contribution >= 4 is 17.8 Å². The molecule has 0 radical (unpaired) electrons. The number of benzene rings is 2. The van der Waals surface area contributed by atoms with Crippen LogP contribution in [-0.2, 0) is 25.5 Å². The Morgan fingerprint density at radius 2 is 1.63 bits per heavy atom. The lowest BCUT2D eigenvalue weighted by Gasteiger charge is -2.16. The van der Waals surface area contributed by atoms with E-state index in [1.165, 1.54) is 20.3 Å². The number of amides is 1. The molecule has 0 saturated heterocycles. The summed E-state index contributed by atoms with van der Waals surface area (Å²) in [6.45, 7) is -0.529. The van der Waals surface area contributed by atoms with Gasteiger partial charge in [0.15, 0.2) is 6.61 Å². The molecule has 27 heavy (non-hydrogen) atoms. The molecule has 142 valence electrons. The van der Waals surface area contributed by atoms with Gasteiger partial charge in [-0.05, 0) is 17.7 Å². The quantitative estimate of drug-likeness (QED) is 0.711. The number of ether oxygens (including phenoxy) is 3. The van der Waals surface area contributed by atoms with Crippen LogP contribution in [0.4, 0.5) is 0 Å². The lowest BCUT2D eigenvalue weighted by atomic mass is 10.1. The molecule has 1 N–H and O–H groups in total. The molecule has 1 atom stereocenters. The van der Waals surface area contributed by atoms with Crippen molar-refractivity contribution in [3.63, 3.8) is 0 Å². The highest BCUT2D eigenvalue weighted by Gasteiger charge is 2.23. The average Bonchev–Trinajstić information content (AvgIpc) is 2.71. The second-order valence-electron chi connectivity index (χ2n) is 5.61. The number of methoxy groups -OCH3 is 2. The summed E-state index contributed by atoms with van der Waals surface area (Å²) in [7, 11) is 2.68. The third kappa shape index (κ3) is 5.85. The lowest BCUT2D eigenvalue weighted by molar-refractivity contribution is -0.145. The number of carbonyl (C=O) groups excluding carboxylic acids is 3. The van der Waals surface area contributed by atoms with Gasteiger partial charge in [0.2, 0.25) is 0 Å². The van der Waals surface area contributed by atoms with Gasteiger partial charge in [-0.15, -0.1) is 0 Å². The van der Waals surface area contributed by atoms with Crippen LogP contribution in [0.2, 0.25) is 0 Å². The lowest BCUT2D eigenvalue weighted by Crippen LogP contribution is -2.44. The van der Waals surface area contributed by atoms with Gasteiger partial charge in [-0.2, -0.15) is 0 Å². The first-order chi connectivity index (χ1) is 13.0. The van der Waals surface area contributed by atoms with Crippen molar-refractivity contribution in [3.05, 3.63) is 65.7 Å². The van der Waals surface area contributed by atoms with E-state index in [1.54, 1.807) is 18.2 Å². The summed E-state index contributed by atoms with van der Waals surface area (Å²) in [6.07, 6.45) is 0.264. The summed E-state index contributed by atoms with van der Waals surface area (Å²) in [4.78, 5) is 36.2. The third-order valence-electron chi connectivity index (χ3n) is 3.76. The minimum atomic E-state index is -0.880. The number of nitrogens with one attached hydrogen (secondary N) is 1. The molecule has 7 nitrogen and oxygen atoms in total. The van der Waals surface area contributed by atoms with Gasteiger partial charge in [0.25, 0.3) is 5.91 Å². The predicted molar refractivity (Wildman–Crippen MR) is 97.4 cm³/mol. The molecule has 0 spiro atoms. The van der Waals surface area contributed by atoms with Gasteiger partial charge in [-0.3, -0.25) is 4.79 Å². The molecule has 0 saturated carbocycles. The van der Waals surface area contributed by atoms with Gasteiger partial charge in [-0.25, -0.2) is 9.59 Å². The molecule has 0 aromatic heterocycles. The molecule has 2 rings (SSSR count). The molecule has 0 aliphatic rings. The van der Waals surface area contributed by atoms with E-state index in [0.717, 1.165) is 5.56 Å². The van der Waals surface area contributed by atoms with Crippen LogP contribution in [0.1, 0.15) is 15.9 Å². The molecule has 2 aromatic carbocycles. The van der Waals surface area contributed by atoms with E-state index in [4.69, 9.17) is 14.2 Å². The second-order valence-corrected chi connectivity index (χ2v) is 5.61. The third-order valence-corrected chi connectivity index (χ3v) is 3.76. The van der Waals surface area contributed by atoms with E-state index in [0.29, 0.717) is 5.75 Å². The number of esters is 2. The summed E-state index contributed by atoms with van der Waals surface area (Å²) < 4.78 is 14.8. The molecular weight excluding hydrogens is 350 g/mol. The van der Waals surface area contributed by atoms with Crippen molar-refractivity contribution in [3.8, 4) is 5.75 Å². The van der Waals surface area contributed by atoms with Crippen molar-refractivity contribution in [2.45, 2.75) is 12.5 Å². The van der Waals surface area contributed by atoms with Crippen LogP contribution in [0.25, 0.3) is 0 Å². The van der Waals surface area contributed by atoms with Gasteiger partial charge in [0.05, 0.1) is 14.2 Å². The van der Waals surface area contributed by atoms with Crippen LogP contribution in [0.5, 0.6) is 5.75 Å². The summed E-state index contributed by atoms with van der Waals surface area (Å²) in [5.41, 5.74) is 1.07. The van der Waals surface area contributed by atoms with E-state index < -0.39 is 30.5 Å². The van der Waals surface area contributed by atoms with E-state index in [1.807, 2.05) is 30.3 Å². The van der Waals surface area contributed by atoms with E-state index in [-0.39, 0.29) is 12.0 Å². The molecule has 0 heterocycles. The van der Waals surface area contributed by atoms with Crippen LogP contribution >= 0.6 is 0 Å². The van der Waals surface area contributed by atoms with Crippen LogP contribution in [0, 0.1) is 0 Å². The van der Waals surface area contributed by atoms with Gasteiger partial charge >= 0.3 is 11.9 Å². The standard InChI is InChI=1S/C20H21NO6/c1-25-17-11-7-6-10-15(17)19(23)27-13-18(22)21-16(20(24)26-2)12-14-8-4-3-5-9-14/h3-11,16H,12-13H2,1-2H3,(H,21,22). The van der Waals surface area contributed by atoms with Crippen LogP contribution in [-0.4, -0.2) is 44.7 Å². The first kappa shape index (κ1) is 20.0. The molecule has 7 heteroatoms. The molecule has 0 aliphatic heterocycles. The second kappa shape index (κ2) is 9.96. The van der Waals surface area contributed by atoms with Crippen LogP contribution in [0.15, 0.2) is 54.6 Å². The number of carbonyl (C=O) groups is 3. The van der Waals surface area contributed by atoms with Gasteiger partial charge in [0.1, 0.15) is 17.4 Å². The molecule has 0 fully saturated rings. The summed E-state index contributed by atoms with van der Waals surface area (Å²) in [6, 6.07) is 14.8. The fourth-order valence-electron chi connectivity index (χ4n) is 2.44. The number of hydrogen-bond acceptors (Lipinski definition) is 6. The Morgan fingerprint density at radius 3 is 2.30 bits per heavy atom. The number of rotatable bonds is 8. The molecule has 1 unspecified atom stereocenters. The zero-order valence-corrected chi connectivity index (χ0v) is 15.1. The highest BCUT2D eigenvalue weighted by atomic mass is 16.5. The largest absolute Gasteiger partial charge is 0.496 e. The Balaban J connectivity index is 1.95. The summed E-state index contributed by atoms with van der Waals surface area (Å²) in [5.74, 6) is -1.53. The summed E-state index contributed by atoms with van der Waals surface area (Å²) >= 11 is 0. The van der Waals surface area contributed by atoms with E-state index >= 15 is 0 Å². The maximum atomic E-state index is 12.1. The van der Waals surface area contributed by atoms with E-state index in [2.05, 4.69) is 5.32 Å². The Kier molecular flexibility index (Phi) is 7.37. The minimum Gasteiger partial charge on any atom is -0.496 e. The van der Waals surface area contributed by atoms with Crippen molar-refractivity contribution in [1.82, 2.24) is 5.32 Å². The smallest absolute Gasteiger partial charge is 0.342 e. The first-order valence-electron chi connectivity index (χ1n) is 8.26. The SMILES string of the molecule is COC(=O)C(Cc1ccccc1)NC(=O)COC(=O)c1ccccc1OC. The minimum absolute atomic E-state index is 0.210. The number of hydrogen-bond donors (Lipinski definition) is 1. The van der Waals surface area contributed by atoms with Gasteiger partial charge < -0.3 is 19.5 Å². The molecule has 1 amide bonds. The Morgan fingerprint density at radius 1 is 0.963 bits per heavy atom. The van der Waals surface area contributed by atoms with Crippen LogP contribution in [0.3, 0.4) is 0 Å². The molecule has 2 aromatic rings. The van der Waals surface area contributed by atoms with Crippen molar-refractivity contribution in [1.29, 1.82) is 0 Å². The Bertz CT molecular complexity index is 790. The highest BCUT2D eigenvalue weighted by Crippen LogP contribution is 2.18. The number of para-hydroxylation sites is 1. The zero-order chi connectivity index (χ0) is 19.6. The topological polar surface area (TPSA) is 90.9 Å². The Labute approximate surface area is 157 Å². The maximum absolute atomic E-state index is 12.1. The molecule has 0 aliphatic carbocycles. The monoisotopic (exact) mass is 371 g/mol. The summed E-state index contributed by atoms with van der Waals surface area (Å²) in [5, 5.41) is 2.53. The van der Waals surface area contributed by atoms with Crippen molar-refractivity contribution < 1.29 is 28.6 Å². The van der Waals surface area contributed by atoms with E-state index in [9.17, 15) is 14.4 Å². The van der Waals surface area contributed by atoms with Crippen LogP contribution < -0.4 is 10.1 Å². The first-order valence-corrected chi connectivity index (χ1v) is 8.26. The average molecular weight is 371 g/mol. The fraction of sp³-hybridized carbons (Fsp3) is 0.250. The van der Waals surface area contributed by atoms with Gasteiger partial charge in [0, 0.05) is 6.42 Å². The van der Waals surface area contributed by atoms with Crippen molar-refractivity contribution in [2.75, 3.05) is 20.8 Å². The van der Waals surface area contributed by atoms with Crippen molar-refractivity contribution in [2.24, 2.45) is 0 Å². The molecule has 0 bridgehead atoms. The molecular formula is C20H21NO6. The maximum Gasteiger partial charge on any atom is 0.342 e. The zero-order valence-electron chi connectivity index (χ0n) is 15.1.